The van der Waals surface area contributed by atoms with Gasteiger partial charge in [0.25, 0.3) is 0 Å². The van der Waals surface area contributed by atoms with Crippen LogP contribution in [0.2, 0.25) is 5.15 Å². The second kappa shape index (κ2) is 14.2. The highest BCUT2D eigenvalue weighted by molar-refractivity contribution is 7.97. The van der Waals surface area contributed by atoms with Crippen molar-refractivity contribution < 1.29 is 55.3 Å². The number of rotatable bonds is 11. The summed E-state index contributed by atoms with van der Waals surface area (Å²) < 4.78 is 78.0. The van der Waals surface area contributed by atoms with Crippen molar-refractivity contribution in [3.8, 4) is 6.07 Å². The Morgan fingerprint density at radius 3 is 2.58 bits per heavy atom. The Morgan fingerprint density at radius 2 is 1.98 bits per heavy atom. The van der Waals surface area contributed by atoms with Gasteiger partial charge < -0.3 is 33.7 Å². The van der Waals surface area contributed by atoms with Gasteiger partial charge in [-0.05, 0) is 18.9 Å². The molecule has 1 unspecified atom stereocenters. The van der Waals surface area contributed by atoms with Gasteiger partial charge in [0.2, 0.25) is 6.79 Å². The van der Waals surface area contributed by atoms with Gasteiger partial charge in [0.05, 0.1) is 11.4 Å². The van der Waals surface area contributed by atoms with E-state index in [-0.39, 0.29) is 35.2 Å². The number of carbonyl (C=O) groups is 2. The van der Waals surface area contributed by atoms with Crippen LogP contribution in [0, 0.1) is 11.3 Å². The first-order valence-corrected chi connectivity index (χ1v) is 18.0. The van der Waals surface area contributed by atoms with Gasteiger partial charge >= 0.3 is 19.7 Å². The average Bonchev–Trinajstić information content (AvgIpc) is 3.60. The minimum atomic E-state index is -4.74. The molecule has 0 bridgehead atoms. The maximum Gasteiger partial charge on any atom is 0.509 e. The lowest BCUT2D eigenvalue weighted by Gasteiger charge is -2.31. The van der Waals surface area contributed by atoms with Crippen LogP contribution >= 0.6 is 19.2 Å². The molecule has 19 heteroatoms. The van der Waals surface area contributed by atoms with E-state index in [4.69, 9.17) is 25.8 Å². The highest BCUT2D eigenvalue weighted by Gasteiger charge is 2.56. The molecular formula is C26H33ClFN4O11PS. The summed E-state index contributed by atoms with van der Waals surface area (Å²) in [6.45, 7) is 4.47. The maximum atomic E-state index is 13.4. The van der Waals surface area contributed by atoms with Gasteiger partial charge in [-0.15, -0.1) is 0 Å². The number of nitrogens with zero attached hydrogens (tertiary/aromatic N) is 3. The van der Waals surface area contributed by atoms with E-state index >= 15 is 0 Å². The Hall–Kier alpha value is -3.00. The minimum Gasteiger partial charge on any atom is -0.438 e. The lowest BCUT2D eigenvalue weighted by Crippen LogP contribution is -2.36. The molecule has 1 saturated carbocycles. The van der Waals surface area contributed by atoms with E-state index in [0.717, 1.165) is 6.92 Å². The van der Waals surface area contributed by atoms with Crippen molar-refractivity contribution in [2.24, 2.45) is 0 Å². The summed E-state index contributed by atoms with van der Waals surface area (Å²) in [6.07, 6.45) is -2.20. The van der Waals surface area contributed by atoms with Crippen molar-refractivity contribution in [1.82, 2.24) is 9.55 Å². The number of ether oxygens (including phenoxy) is 4. The average molecular weight is 695 g/mol. The molecule has 0 spiro atoms. The molecule has 2 aliphatic heterocycles. The number of nitriles is 1. The topological polar surface area (TPSA) is 205 Å². The standard InChI is InChI=1S/C22H23ClFN4O11PS.C4H10/c1-10(29)35-8-36-40(31,32)9-41(33,34)7-15-17-18(39-22(30)38-17)21(37-15)28-3-2-13-16(26-12-4-11(24)5-12)14(6-25)19(23)27-20(13)28;1-3-4-2/h2-3,11-12,15,17-18,21H,4-5,7-9H2,1H3,(H,26,27)(H,31,32);3-4H2,1-2H3/t11?,12?,15-,17-,18-,21-;/m1./s1. The highest BCUT2D eigenvalue weighted by Crippen LogP contribution is 2.45. The minimum absolute atomic E-state index is 0.0494. The van der Waals surface area contributed by atoms with Gasteiger partial charge in [-0.2, -0.15) is 5.26 Å². The number of carbonyl (C=O) groups excluding carboxylic acids is 2. The molecule has 5 atom stereocenters. The number of anilines is 1. The smallest absolute Gasteiger partial charge is 0.438 e. The van der Waals surface area contributed by atoms with Gasteiger partial charge in [-0.3, -0.25) is 13.9 Å². The van der Waals surface area contributed by atoms with E-state index in [1.165, 1.54) is 23.6 Å². The number of hydrogen-bond donors (Lipinski definition) is 2. The van der Waals surface area contributed by atoms with Crippen LogP contribution in [0.4, 0.5) is 14.9 Å². The quantitative estimate of drug-likeness (QED) is 0.147. The number of sulfone groups is 1. The predicted octanol–water partition coefficient (Wildman–Crippen LogP) is 4.18. The van der Waals surface area contributed by atoms with Crippen molar-refractivity contribution in [3.63, 3.8) is 0 Å². The number of fused-ring (bicyclic) bond motifs is 2. The maximum absolute atomic E-state index is 13.4. The summed E-state index contributed by atoms with van der Waals surface area (Å²) >= 11 is 6.30. The van der Waals surface area contributed by atoms with Crippen LogP contribution < -0.4 is 5.32 Å². The number of hydrogen-bond acceptors (Lipinski definition) is 13. The van der Waals surface area contributed by atoms with Gasteiger partial charge in [-0.25, -0.2) is 22.6 Å². The van der Waals surface area contributed by atoms with Crippen LogP contribution in [0.15, 0.2) is 12.3 Å². The lowest BCUT2D eigenvalue weighted by atomic mass is 9.90. The Balaban J connectivity index is 0.00000109. The first kappa shape index (κ1) is 34.9. The molecule has 2 aromatic heterocycles. The van der Waals surface area contributed by atoms with Crippen LogP contribution in [0.25, 0.3) is 11.0 Å². The van der Waals surface area contributed by atoms with Crippen LogP contribution in [0.3, 0.4) is 0 Å². The molecular weight excluding hydrogens is 662 g/mol. The zero-order chi connectivity index (χ0) is 33.1. The van der Waals surface area contributed by atoms with Crippen LogP contribution in [0.1, 0.15) is 58.2 Å². The first-order chi connectivity index (χ1) is 21.2. The number of halogens is 2. The molecule has 15 nitrogen and oxygen atoms in total. The Bertz CT molecular complexity index is 1630. The fourth-order valence-corrected chi connectivity index (χ4v) is 8.74. The molecule has 4 heterocycles. The van der Waals surface area contributed by atoms with E-state index in [1.807, 2.05) is 6.07 Å². The van der Waals surface area contributed by atoms with Crippen LogP contribution in [-0.2, 0) is 42.7 Å². The Morgan fingerprint density at radius 1 is 1.31 bits per heavy atom. The number of pyridine rings is 1. The van der Waals surface area contributed by atoms with Gasteiger partial charge in [-0.1, -0.05) is 38.3 Å². The van der Waals surface area contributed by atoms with Crippen molar-refractivity contribution in [2.45, 2.75) is 83.2 Å². The van der Waals surface area contributed by atoms with E-state index in [9.17, 15) is 37.1 Å². The van der Waals surface area contributed by atoms with Crippen LogP contribution in [0.5, 0.6) is 0 Å². The molecule has 3 fully saturated rings. The predicted molar refractivity (Wildman–Crippen MR) is 157 cm³/mol. The molecule has 3 aliphatic rings. The second-order valence-corrected chi connectivity index (χ2v) is 15.4. The van der Waals surface area contributed by atoms with Crippen molar-refractivity contribution in [2.75, 3.05) is 23.4 Å². The lowest BCUT2D eigenvalue weighted by molar-refractivity contribution is -0.147. The molecule has 0 aromatic carbocycles. The summed E-state index contributed by atoms with van der Waals surface area (Å²) in [7, 11) is -9.12. The van der Waals surface area contributed by atoms with Gasteiger partial charge in [0.1, 0.15) is 29.6 Å². The summed E-state index contributed by atoms with van der Waals surface area (Å²) in [5, 5.41) is 13.1. The summed E-state index contributed by atoms with van der Waals surface area (Å²) in [4.78, 5) is 37.0. The largest absolute Gasteiger partial charge is 0.509 e. The molecule has 5 rings (SSSR count). The van der Waals surface area contributed by atoms with Gasteiger partial charge in [0, 0.05) is 24.5 Å². The Labute approximate surface area is 263 Å². The van der Waals surface area contributed by atoms with Crippen molar-refractivity contribution in [3.05, 3.63) is 23.0 Å². The molecule has 45 heavy (non-hydrogen) atoms. The van der Waals surface area contributed by atoms with E-state index in [1.54, 1.807) is 6.07 Å². The first-order valence-electron chi connectivity index (χ1n) is 14.0. The SMILES string of the molecule is CC(=O)OCOP(=O)(O)CS(=O)(=O)C[C@H]1O[C@@H](n2ccc3c(NC4CC(F)C4)c(C#N)c(Cl)nc32)[C@@H]2OC(=O)O[C@@H]21.CCCC. The third kappa shape index (κ3) is 8.24. The summed E-state index contributed by atoms with van der Waals surface area (Å²) in [5.41, 5.74) is -0.747. The van der Waals surface area contributed by atoms with E-state index in [0.29, 0.717) is 11.1 Å². The second-order valence-electron chi connectivity index (χ2n) is 10.7. The number of esters is 1. The van der Waals surface area contributed by atoms with E-state index in [2.05, 4.69) is 33.4 Å². The third-order valence-electron chi connectivity index (χ3n) is 7.18. The zero-order valence-corrected chi connectivity index (χ0v) is 27.0. The van der Waals surface area contributed by atoms with Gasteiger partial charge in [0.15, 0.2) is 38.9 Å². The molecule has 2 N–H and O–H groups in total. The summed E-state index contributed by atoms with van der Waals surface area (Å²) in [5.74, 6) is -1.66. The highest BCUT2D eigenvalue weighted by atomic mass is 35.5. The Kier molecular flexibility index (Phi) is 11.0. The molecule has 1 aliphatic carbocycles. The number of aromatic nitrogens is 2. The molecule has 0 radical (unpaired) electrons. The molecule has 0 amide bonds. The molecule has 248 valence electrons. The van der Waals surface area contributed by atoms with E-state index < -0.39 is 78.3 Å². The van der Waals surface area contributed by atoms with Crippen molar-refractivity contribution >= 4 is 57.9 Å². The number of alkyl halides is 1. The monoisotopic (exact) mass is 694 g/mol. The number of nitrogens with one attached hydrogen (secondary N) is 1. The summed E-state index contributed by atoms with van der Waals surface area (Å²) in [6, 6.07) is 3.35. The molecule has 2 saturated heterocycles. The normalized spacial score (nSPS) is 26.7. The van der Waals surface area contributed by atoms with Crippen molar-refractivity contribution in [1.29, 1.82) is 5.26 Å². The zero-order valence-electron chi connectivity index (χ0n) is 24.6. The third-order valence-corrected chi connectivity index (χ3v) is 11.7. The van der Waals surface area contributed by atoms with Crippen LogP contribution in [-0.4, -0.2) is 83.6 Å². The molecule has 2 aromatic rings. The fraction of sp³-hybridized carbons (Fsp3) is 0.615. The fourth-order valence-electron chi connectivity index (χ4n) is 4.83. The number of unbranched alkanes of at least 4 members (excludes halogenated alkanes) is 1.